The van der Waals surface area contributed by atoms with Gasteiger partial charge in [0.15, 0.2) is 6.61 Å². The summed E-state index contributed by atoms with van der Waals surface area (Å²) in [5, 5.41) is 3.10. The summed E-state index contributed by atoms with van der Waals surface area (Å²) in [5.74, 6) is 0.509. The van der Waals surface area contributed by atoms with Gasteiger partial charge in [-0.1, -0.05) is 55.8 Å². The SMILES string of the molecule is CCCC(NC(=O)CCN1C(=O)COc2ccccc21)c1ccccc1. The molecule has 3 rings (SSSR count). The maximum Gasteiger partial charge on any atom is 0.265 e. The van der Waals surface area contributed by atoms with E-state index >= 15 is 0 Å². The molecule has 5 heteroatoms. The molecule has 0 aromatic heterocycles. The fourth-order valence-corrected chi connectivity index (χ4v) is 3.18. The number of para-hydroxylation sites is 2. The van der Waals surface area contributed by atoms with E-state index in [1.54, 1.807) is 4.90 Å². The van der Waals surface area contributed by atoms with Crippen molar-refractivity contribution in [3.8, 4) is 5.75 Å². The quantitative estimate of drug-likeness (QED) is 0.830. The number of anilines is 1. The molecule has 0 fully saturated rings. The van der Waals surface area contributed by atoms with E-state index in [9.17, 15) is 9.59 Å². The van der Waals surface area contributed by atoms with E-state index in [0.717, 1.165) is 24.1 Å². The average molecular weight is 352 g/mol. The molecule has 0 radical (unpaired) electrons. The Kier molecular flexibility index (Phi) is 5.89. The van der Waals surface area contributed by atoms with E-state index < -0.39 is 0 Å². The highest BCUT2D eigenvalue weighted by atomic mass is 16.5. The maximum atomic E-state index is 12.5. The van der Waals surface area contributed by atoms with Crippen LogP contribution in [-0.4, -0.2) is 25.0 Å². The Labute approximate surface area is 154 Å². The van der Waals surface area contributed by atoms with Gasteiger partial charge in [-0.15, -0.1) is 0 Å². The first-order valence-electron chi connectivity index (χ1n) is 9.05. The third kappa shape index (κ3) is 4.23. The fraction of sp³-hybridized carbons (Fsp3) is 0.333. The molecular formula is C21H24N2O3. The number of ether oxygens (including phenoxy) is 1. The standard InChI is InChI=1S/C21H24N2O3/c1-2-8-17(16-9-4-3-5-10-16)22-20(24)13-14-23-18-11-6-7-12-19(18)26-15-21(23)25/h3-7,9-12,17H,2,8,13-15H2,1H3,(H,22,24). The number of hydrogen-bond donors (Lipinski definition) is 1. The summed E-state index contributed by atoms with van der Waals surface area (Å²) in [6, 6.07) is 17.4. The molecular weight excluding hydrogens is 328 g/mol. The van der Waals surface area contributed by atoms with Crippen molar-refractivity contribution in [1.82, 2.24) is 5.32 Å². The minimum atomic E-state index is -0.121. The first-order chi connectivity index (χ1) is 12.7. The van der Waals surface area contributed by atoms with Crippen molar-refractivity contribution in [1.29, 1.82) is 0 Å². The van der Waals surface area contributed by atoms with Crippen LogP contribution in [0, 0.1) is 0 Å². The second-order valence-corrected chi connectivity index (χ2v) is 6.37. The van der Waals surface area contributed by atoms with Crippen molar-refractivity contribution in [2.75, 3.05) is 18.1 Å². The van der Waals surface area contributed by atoms with Crippen LogP contribution in [0.25, 0.3) is 0 Å². The summed E-state index contributed by atoms with van der Waals surface area (Å²) in [6.45, 7) is 2.46. The van der Waals surface area contributed by atoms with Gasteiger partial charge in [-0.25, -0.2) is 0 Å². The lowest BCUT2D eigenvalue weighted by Gasteiger charge is -2.29. The van der Waals surface area contributed by atoms with Gasteiger partial charge < -0.3 is 15.0 Å². The Balaban J connectivity index is 1.62. The highest BCUT2D eigenvalue weighted by Gasteiger charge is 2.25. The fourth-order valence-electron chi connectivity index (χ4n) is 3.18. The van der Waals surface area contributed by atoms with Crippen molar-refractivity contribution in [3.63, 3.8) is 0 Å². The third-order valence-corrected chi connectivity index (χ3v) is 4.49. The van der Waals surface area contributed by atoms with Crippen LogP contribution in [0.5, 0.6) is 5.75 Å². The summed E-state index contributed by atoms with van der Waals surface area (Å²) in [4.78, 5) is 26.3. The molecule has 0 saturated heterocycles. The normalized spacial score (nSPS) is 14.3. The van der Waals surface area contributed by atoms with E-state index in [-0.39, 0.29) is 30.9 Å². The molecule has 1 heterocycles. The van der Waals surface area contributed by atoms with Gasteiger partial charge in [-0.3, -0.25) is 9.59 Å². The molecule has 136 valence electrons. The molecule has 5 nitrogen and oxygen atoms in total. The van der Waals surface area contributed by atoms with Crippen molar-refractivity contribution in [2.24, 2.45) is 0 Å². The van der Waals surface area contributed by atoms with Crippen LogP contribution in [0.15, 0.2) is 54.6 Å². The van der Waals surface area contributed by atoms with Crippen LogP contribution in [0.3, 0.4) is 0 Å². The van der Waals surface area contributed by atoms with Gasteiger partial charge in [-0.2, -0.15) is 0 Å². The van der Waals surface area contributed by atoms with Crippen molar-refractivity contribution >= 4 is 17.5 Å². The Bertz CT molecular complexity index is 761. The van der Waals surface area contributed by atoms with Gasteiger partial charge in [0.05, 0.1) is 11.7 Å². The molecule has 2 aromatic carbocycles. The zero-order valence-corrected chi connectivity index (χ0v) is 15.0. The van der Waals surface area contributed by atoms with Gasteiger partial charge in [-0.05, 0) is 24.1 Å². The first-order valence-corrected chi connectivity index (χ1v) is 9.05. The predicted molar refractivity (Wildman–Crippen MR) is 101 cm³/mol. The lowest BCUT2D eigenvalue weighted by Crippen LogP contribution is -2.41. The van der Waals surface area contributed by atoms with Crippen LogP contribution < -0.4 is 15.0 Å². The number of benzene rings is 2. The molecule has 0 saturated carbocycles. The number of rotatable bonds is 7. The molecule has 0 bridgehead atoms. The Morgan fingerprint density at radius 3 is 2.65 bits per heavy atom. The van der Waals surface area contributed by atoms with Crippen molar-refractivity contribution in [2.45, 2.75) is 32.2 Å². The predicted octanol–water partition coefficient (Wildman–Crippen LogP) is 3.46. The average Bonchev–Trinajstić information content (AvgIpc) is 2.67. The number of hydrogen-bond acceptors (Lipinski definition) is 3. The summed E-state index contributed by atoms with van der Waals surface area (Å²) in [5.41, 5.74) is 1.83. The van der Waals surface area contributed by atoms with Crippen LogP contribution in [-0.2, 0) is 9.59 Å². The van der Waals surface area contributed by atoms with E-state index in [2.05, 4.69) is 12.2 Å². The first kappa shape index (κ1) is 18.0. The number of nitrogens with one attached hydrogen (secondary N) is 1. The van der Waals surface area contributed by atoms with Gasteiger partial charge in [0.1, 0.15) is 5.75 Å². The topological polar surface area (TPSA) is 58.6 Å². The highest BCUT2D eigenvalue weighted by molar-refractivity contribution is 5.98. The van der Waals surface area contributed by atoms with E-state index in [1.807, 2.05) is 54.6 Å². The molecule has 1 aliphatic rings. The van der Waals surface area contributed by atoms with Crippen LogP contribution >= 0.6 is 0 Å². The number of nitrogens with zero attached hydrogens (tertiary/aromatic N) is 1. The van der Waals surface area contributed by atoms with E-state index in [1.165, 1.54) is 0 Å². The third-order valence-electron chi connectivity index (χ3n) is 4.49. The van der Waals surface area contributed by atoms with E-state index in [0.29, 0.717) is 12.3 Å². The number of amides is 2. The van der Waals surface area contributed by atoms with Gasteiger partial charge in [0.25, 0.3) is 5.91 Å². The Morgan fingerprint density at radius 2 is 1.88 bits per heavy atom. The molecule has 2 amide bonds. The van der Waals surface area contributed by atoms with Gasteiger partial charge in [0, 0.05) is 13.0 Å². The molecule has 26 heavy (non-hydrogen) atoms. The summed E-state index contributed by atoms with van der Waals surface area (Å²) >= 11 is 0. The molecule has 1 aliphatic heterocycles. The second kappa shape index (κ2) is 8.52. The highest BCUT2D eigenvalue weighted by Crippen LogP contribution is 2.31. The summed E-state index contributed by atoms with van der Waals surface area (Å²) in [7, 11) is 0. The number of carbonyl (C=O) groups is 2. The van der Waals surface area contributed by atoms with Crippen LogP contribution in [0.2, 0.25) is 0 Å². The zero-order valence-electron chi connectivity index (χ0n) is 15.0. The van der Waals surface area contributed by atoms with Gasteiger partial charge in [0.2, 0.25) is 5.91 Å². The van der Waals surface area contributed by atoms with Crippen LogP contribution in [0.1, 0.15) is 37.8 Å². The summed E-state index contributed by atoms with van der Waals surface area (Å²) in [6.07, 6.45) is 2.12. The molecule has 0 spiro atoms. The van der Waals surface area contributed by atoms with Crippen molar-refractivity contribution in [3.05, 3.63) is 60.2 Å². The van der Waals surface area contributed by atoms with Gasteiger partial charge >= 0.3 is 0 Å². The monoisotopic (exact) mass is 352 g/mol. The smallest absolute Gasteiger partial charge is 0.265 e. The van der Waals surface area contributed by atoms with Crippen LogP contribution in [0.4, 0.5) is 5.69 Å². The minimum absolute atomic E-state index is 0.00127. The molecule has 0 aliphatic carbocycles. The molecule has 1 atom stereocenters. The Morgan fingerprint density at radius 1 is 1.15 bits per heavy atom. The molecule has 2 aromatic rings. The van der Waals surface area contributed by atoms with E-state index in [4.69, 9.17) is 4.74 Å². The molecule has 1 unspecified atom stereocenters. The maximum absolute atomic E-state index is 12.5. The zero-order chi connectivity index (χ0) is 18.4. The number of fused-ring (bicyclic) bond motifs is 1. The minimum Gasteiger partial charge on any atom is -0.482 e. The van der Waals surface area contributed by atoms with Crippen molar-refractivity contribution < 1.29 is 14.3 Å². The number of carbonyl (C=O) groups excluding carboxylic acids is 2. The lowest BCUT2D eigenvalue weighted by atomic mass is 10.0. The summed E-state index contributed by atoms with van der Waals surface area (Å²) < 4.78 is 5.44. The Hall–Kier alpha value is -2.82. The second-order valence-electron chi connectivity index (χ2n) is 6.37. The largest absolute Gasteiger partial charge is 0.482 e. The lowest BCUT2D eigenvalue weighted by molar-refractivity contribution is -0.122. The molecule has 1 N–H and O–H groups in total.